The van der Waals surface area contributed by atoms with E-state index in [4.69, 9.17) is 16.3 Å². The molecular weight excluding hydrogens is 462 g/mol. The molecule has 3 rings (SSSR count). The van der Waals surface area contributed by atoms with E-state index in [9.17, 15) is 9.59 Å². The highest BCUT2D eigenvalue weighted by molar-refractivity contribution is 9.10. The average Bonchev–Trinajstić information content (AvgIpc) is 3.10. The number of methoxy groups -OCH3 is 1. The second kappa shape index (κ2) is 9.19. The summed E-state index contributed by atoms with van der Waals surface area (Å²) in [6.07, 6.45) is 3.05. The molecule has 3 aromatic rings. The predicted molar refractivity (Wildman–Crippen MR) is 118 cm³/mol. The van der Waals surface area contributed by atoms with Gasteiger partial charge in [0.1, 0.15) is 10.6 Å². The van der Waals surface area contributed by atoms with E-state index in [2.05, 4.69) is 21.2 Å². The molecule has 1 aromatic heterocycles. The third-order valence-electron chi connectivity index (χ3n) is 3.85. The first-order valence-corrected chi connectivity index (χ1v) is 10.2. The van der Waals surface area contributed by atoms with Crippen LogP contribution in [0.2, 0.25) is 5.02 Å². The van der Waals surface area contributed by atoms with Crippen LogP contribution in [0.1, 0.15) is 15.9 Å². The zero-order valence-corrected chi connectivity index (χ0v) is 17.9. The summed E-state index contributed by atoms with van der Waals surface area (Å²) in [5.74, 6) is -0.859. The number of amides is 1. The highest BCUT2D eigenvalue weighted by Crippen LogP contribution is 2.36. The van der Waals surface area contributed by atoms with E-state index in [0.29, 0.717) is 21.2 Å². The minimum Gasteiger partial charge on any atom is -0.465 e. The molecule has 4 nitrogen and oxygen atoms in total. The van der Waals surface area contributed by atoms with Gasteiger partial charge in [-0.05, 0) is 41.5 Å². The van der Waals surface area contributed by atoms with E-state index in [1.54, 1.807) is 24.3 Å². The van der Waals surface area contributed by atoms with E-state index in [1.165, 1.54) is 24.5 Å². The van der Waals surface area contributed by atoms with Gasteiger partial charge in [-0.1, -0.05) is 51.8 Å². The average molecular weight is 477 g/mol. The molecule has 0 radical (unpaired) electrons. The normalized spacial score (nSPS) is 10.8. The third kappa shape index (κ3) is 4.90. The summed E-state index contributed by atoms with van der Waals surface area (Å²) < 4.78 is 5.86. The standard InChI is InChI=1S/C21H15BrClNO3S/c1-27-21(26)19-17(14-6-8-15(22)9-7-14)12-28-20(19)24-18(25)10-5-13-3-2-4-16(23)11-13/h2-12H,1H3,(H,24,25). The number of thiophene rings is 1. The number of halogens is 2. The lowest BCUT2D eigenvalue weighted by Gasteiger charge is -2.07. The van der Waals surface area contributed by atoms with Gasteiger partial charge < -0.3 is 10.1 Å². The Labute approximate surface area is 179 Å². The third-order valence-corrected chi connectivity index (χ3v) is 5.51. The lowest BCUT2D eigenvalue weighted by atomic mass is 10.0. The zero-order valence-electron chi connectivity index (χ0n) is 14.7. The fourth-order valence-electron chi connectivity index (χ4n) is 2.53. The topological polar surface area (TPSA) is 55.4 Å². The van der Waals surface area contributed by atoms with Crippen LogP contribution in [0.15, 0.2) is 64.5 Å². The number of rotatable bonds is 5. The Morgan fingerprint density at radius 2 is 1.93 bits per heavy atom. The van der Waals surface area contributed by atoms with Gasteiger partial charge in [0.05, 0.1) is 7.11 Å². The lowest BCUT2D eigenvalue weighted by Crippen LogP contribution is -2.11. The second-order valence-electron chi connectivity index (χ2n) is 5.73. The Balaban J connectivity index is 1.86. The first-order chi connectivity index (χ1) is 13.5. The van der Waals surface area contributed by atoms with E-state index in [-0.39, 0.29) is 5.91 Å². The van der Waals surface area contributed by atoms with Crippen LogP contribution in [0.25, 0.3) is 17.2 Å². The number of nitrogens with one attached hydrogen (secondary N) is 1. The zero-order chi connectivity index (χ0) is 20.1. The molecule has 0 bridgehead atoms. The molecule has 1 heterocycles. The van der Waals surface area contributed by atoms with Crippen LogP contribution in [0.3, 0.4) is 0 Å². The SMILES string of the molecule is COC(=O)c1c(-c2ccc(Br)cc2)csc1NC(=O)C=Cc1cccc(Cl)c1. The molecule has 0 aliphatic heterocycles. The van der Waals surface area contributed by atoms with E-state index in [0.717, 1.165) is 15.6 Å². The van der Waals surface area contributed by atoms with Crippen molar-refractivity contribution in [1.29, 1.82) is 0 Å². The number of benzene rings is 2. The number of esters is 1. The number of carbonyl (C=O) groups excluding carboxylic acids is 2. The van der Waals surface area contributed by atoms with Gasteiger partial charge in [-0.15, -0.1) is 11.3 Å². The smallest absolute Gasteiger partial charge is 0.341 e. The van der Waals surface area contributed by atoms with Crippen LogP contribution in [-0.4, -0.2) is 19.0 Å². The van der Waals surface area contributed by atoms with Crippen molar-refractivity contribution in [2.45, 2.75) is 0 Å². The molecule has 0 saturated carbocycles. The second-order valence-corrected chi connectivity index (χ2v) is 7.96. The van der Waals surface area contributed by atoms with E-state index < -0.39 is 5.97 Å². The molecule has 0 aliphatic carbocycles. The fraction of sp³-hybridized carbons (Fsp3) is 0.0476. The molecule has 28 heavy (non-hydrogen) atoms. The molecule has 0 spiro atoms. The highest BCUT2D eigenvalue weighted by atomic mass is 79.9. The van der Waals surface area contributed by atoms with Gasteiger partial charge in [0.2, 0.25) is 5.91 Å². The van der Waals surface area contributed by atoms with E-state index in [1.807, 2.05) is 35.7 Å². The Morgan fingerprint density at radius 3 is 2.61 bits per heavy atom. The molecule has 0 unspecified atom stereocenters. The van der Waals surface area contributed by atoms with Crippen LogP contribution in [0.5, 0.6) is 0 Å². The Bertz CT molecular complexity index is 1040. The highest BCUT2D eigenvalue weighted by Gasteiger charge is 2.21. The first kappa shape index (κ1) is 20.3. The summed E-state index contributed by atoms with van der Waals surface area (Å²) >= 11 is 10.6. The Kier molecular flexibility index (Phi) is 6.67. The number of hydrogen-bond acceptors (Lipinski definition) is 4. The number of ether oxygens (including phenoxy) is 1. The summed E-state index contributed by atoms with van der Waals surface area (Å²) in [5, 5.41) is 5.61. The molecule has 7 heteroatoms. The molecule has 1 N–H and O–H groups in total. The van der Waals surface area contributed by atoms with Gasteiger partial charge in [-0.2, -0.15) is 0 Å². The van der Waals surface area contributed by atoms with Crippen molar-refractivity contribution in [3.63, 3.8) is 0 Å². The molecule has 0 aliphatic rings. The molecule has 0 saturated heterocycles. The Morgan fingerprint density at radius 1 is 1.18 bits per heavy atom. The largest absolute Gasteiger partial charge is 0.465 e. The van der Waals surface area contributed by atoms with Crippen LogP contribution in [-0.2, 0) is 9.53 Å². The van der Waals surface area contributed by atoms with Crippen LogP contribution >= 0.6 is 38.9 Å². The molecule has 2 aromatic carbocycles. The number of anilines is 1. The maximum atomic E-state index is 12.3. The maximum Gasteiger partial charge on any atom is 0.341 e. The number of carbonyl (C=O) groups is 2. The molecular formula is C21H15BrClNO3S. The van der Waals surface area contributed by atoms with Gasteiger partial charge in [-0.25, -0.2) is 4.79 Å². The summed E-state index contributed by atoms with van der Waals surface area (Å²) in [6, 6.07) is 14.7. The van der Waals surface area contributed by atoms with Crippen molar-refractivity contribution in [1.82, 2.24) is 0 Å². The molecule has 1 amide bonds. The fourth-order valence-corrected chi connectivity index (χ4v) is 3.96. The lowest BCUT2D eigenvalue weighted by molar-refractivity contribution is -0.111. The maximum absolute atomic E-state index is 12.3. The first-order valence-electron chi connectivity index (χ1n) is 8.18. The van der Waals surface area contributed by atoms with Crippen LogP contribution in [0.4, 0.5) is 5.00 Å². The van der Waals surface area contributed by atoms with E-state index >= 15 is 0 Å². The van der Waals surface area contributed by atoms with Crippen molar-refractivity contribution in [3.05, 3.63) is 80.6 Å². The van der Waals surface area contributed by atoms with Crippen LogP contribution in [0, 0.1) is 0 Å². The minimum atomic E-state index is -0.506. The van der Waals surface area contributed by atoms with Crippen molar-refractivity contribution >= 4 is 61.8 Å². The summed E-state index contributed by atoms with van der Waals surface area (Å²) in [4.78, 5) is 24.7. The summed E-state index contributed by atoms with van der Waals surface area (Å²) in [6.45, 7) is 0. The monoisotopic (exact) mass is 475 g/mol. The molecule has 0 fully saturated rings. The van der Waals surface area contributed by atoms with Crippen molar-refractivity contribution < 1.29 is 14.3 Å². The van der Waals surface area contributed by atoms with Crippen molar-refractivity contribution in [2.24, 2.45) is 0 Å². The van der Waals surface area contributed by atoms with Crippen molar-refractivity contribution in [3.8, 4) is 11.1 Å². The molecule has 142 valence electrons. The Hall–Kier alpha value is -2.41. The minimum absolute atomic E-state index is 0.333. The summed E-state index contributed by atoms with van der Waals surface area (Å²) in [5.41, 5.74) is 2.70. The van der Waals surface area contributed by atoms with Gasteiger partial charge >= 0.3 is 5.97 Å². The van der Waals surface area contributed by atoms with Gasteiger partial charge in [0.25, 0.3) is 0 Å². The van der Waals surface area contributed by atoms with Gasteiger partial charge in [-0.3, -0.25) is 4.79 Å². The van der Waals surface area contributed by atoms with Gasteiger partial charge in [0, 0.05) is 26.5 Å². The summed E-state index contributed by atoms with van der Waals surface area (Å²) in [7, 11) is 1.32. The predicted octanol–water partition coefficient (Wildman–Crippen LogP) is 6.27. The quantitative estimate of drug-likeness (QED) is 0.349. The van der Waals surface area contributed by atoms with Crippen molar-refractivity contribution in [2.75, 3.05) is 12.4 Å². The van der Waals surface area contributed by atoms with Gasteiger partial charge in [0.15, 0.2) is 0 Å². The van der Waals surface area contributed by atoms with Crippen LogP contribution < -0.4 is 5.32 Å². The molecule has 0 atom stereocenters. The number of hydrogen-bond donors (Lipinski definition) is 1.